The van der Waals surface area contributed by atoms with E-state index in [0.29, 0.717) is 12.6 Å². The number of piperazine rings is 1. The van der Waals surface area contributed by atoms with Crippen LogP contribution >= 0.6 is 0 Å². The average molecular weight is 271 g/mol. The molecule has 1 aliphatic rings. The number of nitrogens with zero attached hydrogens (tertiary/aromatic N) is 2. The smallest absolute Gasteiger partial charge is 0.329 e. The highest BCUT2D eigenvalue weighted by Crippen LogP contribution is 2.06. The number of carbonyl (C=O) groups excluding carboxylic acids is 2. The Morgan fingerprint density at radius 2 is 1.79 bits per heavy atom. The topological polar surface area (TPSA) is 61.9 Å². The zero-order valence-corrected chi connectivity index (χ0v) is 12.3. The van der Waals surface area contributed by atoms with Gasteiger partial charge in [-0.1, -0.05) is 0 Å². The lowest BCUT2D eigenvalue weighted by molar-refractivity contribution is -0.145. The van der Waals surface area contributed by atoms with Crippen molar-refractivity contribution < 1.29 is 14.3 Å². The van der Waals surface area contributed by atoms with Crippen LogP contribution in [0.4, 0.5) is 0 Å². The van der Waals surface area contributed by atoms with E-state index in [2.05, 4.69) is 29.0 Å². The fraction of sp³-hybridized carbons (Fsp3) is 0.846. The Balaban J connectivity index is 2.47. The third kappa shape index (κ3) is 5.16. The predicted octanol–water partition coefficient (Wildman–Crippen LogP) is -0.310. The zero-order chi connectivity index (χ0) is 14.4. The van der Waals surface area contributed by atoms with Crippen molar-refractivity contribution in [2.24, 2.45) is 0 Å². The minimum absolute atomic E-state index is 0.212. The van der Waals surface area contributed by atoms with Crippen LogP contribution in [-0.2, 0) is 14.3 Å². The lowest BCUT2D eigenvalue weighted by Gasteiger charge is -2.37. The molecule has 1 unspecified atom stereocenters. The Hall–Kier alpha value is -1.14. The third-order valence-corrected chi connectivity index (χ3v) is 3.44. The molecule has 1 atom stereocenters. The minimum atomic E-state index is -0.576. The number of methoxy groups -OCH3 is 1. The number of rotatable bonds is 5. The molecule has 1 saturated heterocycles. The molecular weight excluding hydrogens is 246 g/mol. The van der Waals surface area contributed by atoms with E-state index in [0.717, 1.165) is 26.2 Å². The SMILES string of the molecule is COC(=O)C(CN1CCN(C(C)C)CC1)NC(C)=O. The van der Waals surface area contributed by atoms with Gasteiger partial charge >= 0.3 is 5.97 Å². The van der Waals surface area contributed by atoms with Gasteiger partial charge in [-0.2, -0.15) is 0 Å². The molecule has 1 aliphatic heterocycles. The maximum atomic E-state index is 11.6. The fourth-order valence-electron chi connectivity index (χ4n) is 2.29. The lowest BCUT2D eigenvalue weighted by Crippen LogP contribution is -2.54. The number of hydrogen-bond donors (Lipinski definition) is 1. The molecule has 0 aromatic heterocycles. The van der Waals surface area contributed by atoms with Gasteiger partial charge in [0, 0.05) is 45.7 Å². The molecule has 1 rings (SSSR count). The highest BCUT2D eigenvalue weighted by molar-refractivity contribution is 5.83. The van der Waals surface area contributed by atoms with Gasteiger partial charge in [0.25, 0.3) is 0 Å². The van der Waals surface area contributed by atoms with E-state index >= 15 is 0 Å². The largest absolute Gasteiger partial charge is 0.467 e. The first-order valence-electron chi connectivity index (χ1n) is 6.75. The van der Waals surface area contributed by atoms with Crippen LogP contribution in [0.1, 0.15) is 20.8 Å². The van der Waals surface area contributed by atoms with Crippen LogP contribution in [0, 0.1) is 0 Å². The summed E-state index contributed by atoms with van der Waals surface area (Å²) in [5, 5.41) is 2.64. The molecule has 0 bridgehead atoms. The first-order chi connectivity index (χ1) is 8.93. The maximum Gasteiger partial charge on any atom is 0.329 e. The van der Waals surface area contributed by atoms with Gasteiger partial charge < -0.3 is 10.1 Å². The summed E-state index contributed by atoms with van der Waals surface area (Å²) in [6, 6.07) is -0.0259. The summed E-state index contributed by atoms with van der Waals surface area (Å²) < 4.78 is 4.72. The average Bonchev–Trinajstić information content (AvgIpc) is 2.37. The molecule has 0 aliphatic carbocycles. The summed E-state index contributed by atoms with van der Waals surface area (Å²) in [7, 11) is 1.34. The monoisotopic (exact) mass is 271 g/mol. The van der Waals surface area contributed by atoms with Gasteiger partial charge in [0.1, 0.15) is 6.04 Å². The number of esters is 1. The summed E-state index contributed by atoms with van der Waals surface area (Å²) in [5.41, 5.74) is 0. The minimum Gasteiger partial charge on any atom is -0.467 e. The van der Waals surface area contributed by atoms with Crippen molar-refractivity contribution in [3.05, 3.63) is 0 Å². The van der Waals surface area contributed by atoms with E-state index in [1.165, 1.54) is 14.0 Å². The van der Waals surface area contributed by atoms with Crippen LogP contribution in [0.5, 0.6) is 0 Å². The van der Waals surface area contributed by atoms with Gasteiger partial charge in [-0.3, -0.25) is 14.6 Å². The van der Waals surface area contributed by atoms with Crippen LogP contribution in [0.15, 0.2) is 0 Å². The van der Waals surface area contributed by atoms with Crippen molar-refractivity contribution in [1.29, 1.82) is 0 Å². The second-order valence-electron chi connectivity index (χ2n) is 5.21. The summed E-state index contributed by atoms with van der Waals surface area (Å²) in [4.78, 5) is 27.3. The molecule has 1 amide bonds. The van der Waals surface area contributed by atoms with E-state index in [4.69, 9.17) is 4.74 Å². The van der Waals surface area contributed by atoms with Crippen LogP contribution in [0.3, 0.4) is 0 Å². The number of hydrogen-bond acceptors (Lipinski definition) is 5. The summed E-state index contributed by atoms with van der Waals surface area (Å²) in [6.45, 7) is 10.1. The molecule has 6 heteroatoms. The van der Waals surface area contributed by atoms with Gasteiger partial charge in [0.15, 0.2) is 0 Å². The van der Waals surface area contributed by atoms with E-state index in [1.807, 2.05) is 0 Å². The highest BCUT2D eigenvalue weighted by atomic mass is 16.5. The van der Waals surface area contributed by atoms with E-state index in [1.54, 1.807) is 0 Å². The maximum absolute atomic E-state index is 11.6. The number of ether oxygens (including phenoxy) is 1. The molecule has 0 aromatic carbocycles. The number of nitrogens with one attached hydrogen (secondary N) is 1. The molecule has 0 radical (unpaired) electrons. The summed E-state index contributed by atoms with van der Waals surface area (Å²) in [6.07, 6.45) is 0. The first-order valence-corrected chi connectivity index (χ1v) is 6.75. The molecule has 1 fully saturated rings. The van der Waals surface area contributed by atoms with E-state index in [-0.39, 0.29) is 11.9 Å². The second-order valence-corrected chi connectivity index (χ2v) is 5.21. The van der Waals surface area contributed by atoms with Crippen LogP contribution in [-0.4, -0.2) is 73.6 Å². The molecule has 19 heavy (non-hydrogen) atoms. The molecule has 0 aromatic rings. The highest BCUT2D eigenvalue weighted by Gasteiger charge is 2.26. The summed E-state index contributed by atoms with van der Waals surface area (Å²) in [5.74, 6) is -0.599. The zero-order valence-electron chi connectivity index (χ0n) is 12.3. The van der Waals surface area contributed by atoms with E-state index in [9.17, 15) is 9.59 Å². The number of amides is 1. The van der Waals surface area contributed by atoms with E-state index < -0.39 is 6.04 Å². The Morgan fingerprint density at radius 3 is 2.21 bits per heavy atom. The van der Waals surface area contributed by atoms with Crippen LogP contribution in [0.2, 0.25) is 0 Å². The molecule has 1 heterocycles. The summed E-state index contributed by atoms with van der Waals surface area (Å²) >= 11 is 0. The Bertz CT molecular complexity index is 312. The van der Waals surface area contributed by atoms with Crippen molar-refractivity contribution in [3.8, 4) is 0 Å². The Labute approximate surface area is 115 Å². The van der Waals surface area contributed by atoms with Gasteiger partial charge in [0.05, 0.1) is 7.11 Å². The number of carbonyl (C=O) groups is 2. The van der Waals surface area contributed by atoms with Crippen LogP contribution in [0.25, 0.3) is 0 Å². The lowest BCUT2D eigenvalue weighted by atomic mass is 10.2. The normalized spacial score (nSPS) is 19.2. The van der Waals surface area contributed by atoms with Gasteiger partial charge in [-0.05, 0) is 13.8 Å². The van der Waals surface area contributed by atoms with Gasteiger partial charge in [0.2, 0.25) is 5.91 Å². The Morgan fingerprint density at radius 1 is 1.21 bits per heavy atom. The predicted molar refractivity (Wildman–Crippen MR) is 72.8 cm³/mol. The van der Waals surface area contributed by atoms with Crippen molar-refractivity contribution in [1.82, 2.24) is 15.1 Å². The molecule has 0 saturated carbocycles. The third-order valence-electron chi connectivity index (χ3n) is 3.44. The molecule has 6 nitrogen and oxygen atoms in total. The van der Waals surface area contributed by atoms with Crippen molar-refractivity contribution in [2.75, 3.05) is 39.8 Å². The first kappa shape index (κ1) is 15.9. The molecule has 0 spiro atoms. The molecular formula is C13H25N3O3. The van der Waals surface area contributed by atoms with Crippen LogP contribution < -0.4 is 5.32 Å². The van der Waals surface area contributed by atoms with Crippen molar-refractivity contribution in [3.63, 3.8) is 0 Å². The van der Waals surface area contributed by atoms with Crippen molar-refractivity contribution in [2.45, 2.75) is 32.9 Å². The Kier molecular flexibility index (Phi) is 6.24. The second kappa shape index (κ2) is 7.45. The quantitative estimate of drug-likeness (QED) is 0.695. The fourth-order valence-corrected chi connectivity index (χ4v) is 2.29. The van der Waals surface area contributed by atoms with Gasteiger partial charge in [-0.15, -0.1) is 0 Å². The van der Waals surface area contributed by atoms with Gasteiger partial charge in [-0.25, -0.2) is 4.79 Å². The molecule has 110 valence electrons. The van der Waals surface area contributed by atoms with Crippen molar-refractivity contribution >= 4 is 11.9 Å². The standard InChI is InChI=1S/C13H25N3O3/c1-10(2)16-7-5-15(6-8-16)9-12(13(18)19-4)14-11(3)17/h10,12H,5-9H2,1-4H3,(H,14,17). The molecule has 1 N–H and O–H groups in total.